The zero-order chi connectivity index (χ0) is 11.4. The quantitative estimate of drug-likeness (QED) is 0.701. The molecule has 0 aromatic rings. The normalized spacial score (nSPS) is 13.8. The Morgan fingerprint density at radius 3 is 2.21 bits per heavy atom. The first-order valence-electron chi connectivity index (χ1n) is 5.60. The molecule has 0 radical (unpaired) electrons. The number of hydrogen-bond donors (Lipinski definition) is 1. The minimum atomic E-state index is 1.06. The molecule has 14 heavy (non-hydrogen) atoms. The van der Waals surface area contributed by atoms with E-state index in [2.05, 4.69) is 18.0 Å². The Morgan fingerprint density at radius 1 is 1.21 bits per heavy atom. The Hall–Kier alpha value is -0.980. The van der Waals surface area contributed by atoms with Crippen LogP contribution in [0.15, 0.2) is 36.1 Å². The van der Waals surface area contributed by atoms with Gasteiger partial charge in [0.25, 0.3) is 0 Å². The molecule has 1 rings (SSSR count). The number of allylic oxidation sites excluding steroid dienone is 3. The molecular formula is C13H25N. The molecule has 82 valence electrons. The van der Waals surface area contributed by atoms with Crippen LogP contribution in [0.4, 0.5) is 0 Å². The third-order valence-electron chi connectivity index (χ3n) is 1.64. The van der Waals surface area contributed by atoms with Gasteiger partial charge in [0.2, 0.25) is 0 Å². The Kier molecular flexibility index (Phi) is 13.3. The fourth-order valence-electron chi connectivity index (χ4n) is 1.12. The minimum absolute atomic E-state index is 1.06. The van der Waals surface area contributed by atoms with Crippen molar-refractivity contribution in [2.45, 2.75) is 41.0 Å². The van der Waals surface area contributed by atoms with Gasteiger partial charge in [0.15, 0.2) is 0 Å². The maximum Gasteiger partial charge on any atom is 0.0369 e. The third-order valence-corrected chi connectivity index (χ3v) is 1.64. The standard InChI is InChI=1S/C9H13N.2C2H6/c1-3-5-9-8(4-2)6-7-10-9;2*1-2/h3-5,10H,2,6-7H2,1H3;2*1-2H3/b5-3-;;. The Balaban J connectivity index is 0. The zero-order valence-electron chi connectivity index (χ0n) is 10.4. The number of hydrogen-bond acceptors (Lipinski definition) is 1. The highest BCUT2D eigenvalue weighted by Gasteiger charge is 2.06. The SMILES string of the molecule is C=CC1=C(/C=C\C)NCC1.CC.CC. The van der Waals surface area contributed by atoms with Gasteiger partial charge in [0.05, 0.1) is 0 Å². The highest BCUT2D eigenvalue weighted by atomic mass is 14.9. The van der Waals surface area contributed by atoms with Crippen LogP contribution >= 0.6 is 0 Å². The van der Waals surface area contributed by atoms with Crippen molar-refractivity contribution in [2.75, 3.05) is 6.54 Å². The second kappa shape index (κ2) is 12.0. The van der Waals surface area contributed by atoms with Crippen molar-refractivity contribution in [3.05, 3.63) is 36.1 Å². The molecule has 1 N–H and O–H groups in total. The highest BCUT2D eigenvalue weighted by Crippen LogP contribution is 2.14. The van der Waals surface area contributed by atoms with Gasteiger partial charge in [-0.05, 0) is 25.0 Å². The van der Waals surface area contributed by atoms with Crippen molar-refractivity contribution >= 4 is 0 Å². The van der Waals surface area contributed by atoms with Crippen molar-refractivity contribution in [3.63, 3.8) is 0 Å². The molecule has 0 aromatic heterocycles. The van der Waals surface area contributed by atoms with Crippen LogP contribution in [0.3, 0.4) is 0 Å². The van der Waals surface area contributed by atoms with Gasteiger partial charge in [-0.25, -0.2) is 0 Å². The predicted octanol–water partition coefficient (Wildman–Crippen LogP) is 4.05. The fourth-order valence-corrected chi connectivity index (χ4v) is 1.12. The fraction of sp³-hybridized carbons (Fsp3) is 0.538. The van der Waals surface area contributed by atoms with Crippen LogP contribution in [0.5, 0.6) is 0 Å². The van der Waals surface area contributed by atoms with Gasteiger partial charge in [-0.3, -0.25) is 0 Å². The van der Waals surface area contributed by atoms with Gasteiger partial charge < -0.3 is 5.32 Å². The molecule has 1 aliphatic rings. The summed E-state index contributed by atoms with van der Waals surface area (Å²) in [5, 5.41) is 3.28. The Labute approximate surface area is 89.6 Å². The lowest BCUT2D eigenvalue weighted by molar-refractivity contribution is 0.888. The monoisotopic (exact) mass is 195 g/mol. The Bertz CT molecular complexity index is 187. The van der Waals surface area contributed by atoms with E-state index in [0.717, 1.165) is 13.0 Å². The zero-order valence-corrected chi connectivity index (χ0v) is 10.4. The molecule has 1 aliphatic heterocycles. The van der Waals surface area contributed by atoms with E-state index in [-0.39, 0.29) is 0 Å². The predicted molar refractivity (Wildman–Crippen MR) is 67.4 cm³/mol. The number of rotatable bonds is 2. The van der Waals surface area contributed by atoms with E-state index in [9.17, 15) is 0 Å². The molecule has 0 fully saturated rings. The highest BCUT2D eigenvalue weighted by molar-refractivity contribution is 5.34. The summed E-state index contributed by atoms with van der Waals surface area (Å²) in [5.41, 5.74) is 2.57. The summed E-state index contributed by atoms with van der Waals surface area (Å²) < 4.78 is 0. The summed E-state index contributed by atoms with van der Waals surface area (Å²) in [5.74, 6) is 0. The molecule has 1 nitrogen and oxygen atoms in total. The van der Waals surface area contributed by atoms with Crippen LogP contribution in [0.25, 0.3) is 0 Å². The first-order chi connectivity index (χ1) is 6.88. The molecule has 0 aliphatic carbocycles. The van der Waals surface area contributed by atoms with E-state index in [0.29, 0.717) is 0 Å². The molecular weight excluding hydrogens is 170 g/mol. The summed E-state index contributed by atoms with van der Waals surface area (Å²) in [7, 11) is 0. The van der Waals surface area contributed by atoms with Crippen LogP contribution in [0.1, 0.15) is 41.0 Å². The van der Waals surface area contributed by atoms with Crippen molar-refractivity contribution < 1.29 is 0 Å². The number of nitrogens with one attached hydrogen (secondary N) is 1. The maximum absolute atomic E-state index is 3.74. The van der Waals surface area contributed by atoms with Crippen molar-refractivity contribution in [1.82, 2.24) is 5.32 Å². The van der Waals surface area contributed by atoms with Gasteiger partial charge >= 0.3 is 0 Å². The first kappa shape index (κ1) is 15.5. The van der Waals surface area contributed by atoms with Gasteiger partial charge in [-0.15, -0.1) is 0 Å². The van der Waals surface area contributed by atoms with Gasteiger partial charge in [0, 0.05) is 12.2 Å². The second-order valence-corrected chi connectivity index (χ2v) is 2.32. The van der Waals surface area contributed by atoms with E-state index in [1.54, 1.807) is 0 Å². The minimum Gasteiger partial charge on any atom is -0.384 e. The molecule has 0 saturated heterocycles. The van der Waals surface area contributed by atoms with Gasteiger partial charge in [0.1, 0.15) is 0 Å². The van der Waals surface area contributed by atoms with E-state index >= 15 is 0 Å². The van der Waals surface area contributed by atoms with Crippen molar-refractivity contribution in [1.29, 1.82) is 0 Å². The second-order valence-electron chi connectivity index (χ2n) is 2.32. The summed E-state index contributed by atoms with van der Waals surface area (Å²) in [6, 6.07) is 0. The molecule has 1 heterocycles. The van der Waals surface area contributed by atoms with Gasteiger partial charge in [-0.1, -0.05) is 46.4 Å². The molecule has 1 heteroatoms. The van der Waals surface area contributed by atoms with E-state index < -0.39 is 0 Å². The lowest BCUT2D eigenvalue weighted by Gasteiger charge is -1.95. The van der Waals surface area contributed by atoms with Crippen molar-refractivity contribution in [3.8, 4) is 0 Å². The molecule has 0 bridgehead atoms. The largest absolute Gasteiger partial charge is 0.384 e. The lowest BCUT2D eigenvalue weighted by atomic mass is 10.2. The summed E-state index contributed by atoms with van der Waals surface area (Å²) in [6.07, 6.45) is 7.17. The Morgan fingerprint density at radius 2 is 1.79 bits per heavy atom. The van der Waals surface area contributed by atoms with E-state index in [1.165, 1.54) is 11.3 Å². The van der Waals surface area contributed by atoms with Crippen LogP contribution in [-0.2, 0) is 0 Å². The van der Waals surface area contributed by atoms with Crippen LogP contribution in [0.2, 0.25) is 0 Å². The average Bonchev–Trinajstić information content (AvgIpc) is 2.72. The molecule has 0 unspecified atom stereocenters. The van der Waals surface area contributed by atoms with Crippen molar-refractivity contribution in [2.24, 2.45) is 0 Å². The van der Waals surface area contributed by atoms with Gasteiger partial charge in [-0.2, -0.15) is 0 Å². The van der Waals surface area contributed by atoms with Crippen LogP contribution < -0.4 is 5.32 Å². The topological polar surface area (TPSA) is 12.0 Å². The van der Waals surface area contributed by atoms with E-state index in [4.69, 9.17) is 0 Å². The maximum atomic E-state index is 3.74. The van der Waals surface area contributed by atoms with E-state index in [1.807, 2.05) is 46.8 Å². The molecule has 0 amide bonds. The van der Waals surface area contributed by atoms with Crippen LogP contribution in [0, 0.1) is 0 Å². The summed E-state index contributed by atoms with van der Waals surface area (Å²) in [4.78, 5) is 0. The molecule has 0 saturated carbocycles. The first-order valence-corrected chi connectivity index (χ1v) is 5.60. The average molecular weight is 195 g/mol. The summed E-state index contributed by atoms with van der Waals surface area (Å²) in [6.45, 7) is 14.8. The smallest absolute Gasteiger partial charge is 0.0369 e. The third kappa shape index (κ3) is 5.63. The lowest BCUT2D eigenvalue weighted by Crippen LogP contribution is -2.04. The molecule has 0 aromatic carbocycles. The summed E-state index contributed by atoms with van der Waals surface area (Å²) >= 11 is 0. The molecule has 0 spiro atoms. The molecule has 0 atom stereocenters. The van der Waals surface area contributed by atoms with Crippen LogP contribution in [-0.4, -0.2) is 6.54 Å².